The molecule has 0 radical (unpaired) electrons. The van der Waals surface area contributed by atoms with Crippen molar-refractivity contribution in [2.45, 2.75) is 32.7 Å². The van der Waals surface area contributed by atoms with E-state index in [9.17, 15) is 9.59 Å². The summed E-state index contributed by atoms with van der Waals surface area (Å²) in [6.45, 7) is 5.92. The number of amides is 2. The normalized spacial score (nSPS) is 24.4. The molecule has 0 aromatic carbocycles. The highest BCUT2D eigenvalue weighted by Crippen LogP contribution is 2.29. The second-order valence-corrected chi connectivity index (χ2v) is 6.49. The van der Waals surface area contributed by atoms with Gasteiger partial charge in [-0.1, -0.05) is 11.6 Å². The molecule has 22 heavy (non-hydrogen) atoms. The zero-order valence-corrected chi connectivity index (χ0v) is 13.2. The second-order valence-electron chi connectivity index (χ2n) is 6.49. The first-order chi connectivity index (χ1) is 10.6. The van der Waals surface area contributed by atoms with Gasteiger partial charge < -0.3 is 14.8 Å². The number of nitrogens with one attached hydrogen (secondary N) is 1. The molecule has 3 fully saturated rings. The summed E-state index contributed by atoms with van der Waals surface area (Å²) in [5.41, 5.74) is 1.82. The summed E-state index contributed by atoms with van der Waals surface area (Å²) in [7, 11) is 0. The van der Waals surface area contributed by atoms with Crippen molar-refractivity contribution in [3.63, 3.8) is 0 Å². The van der Waals surface area contributed by atoms with Crippen LogP contribution in [0.5, 0.6) is 0 Å². The lowest BCUT2D eigenvalue weighted by atomic mass is 9.94. The van der Waals surface area contributed by atoms with Gasteiger partial charge in [-0.15, -0.1) is 0 Å². The first kappa shape index (κ1) is 14.9. The van der Waals surface area contributed by atoms with Crippen LogP contribution < -0.4 is 0 Å². The first-order valence-corrected chi connectivity index (χ1v) is 7.92. The third-order valence-corrected chi connectivity index (χ3v) is 4.61. The number of hydrogen-bond acceptors (Lipinski definition) is 2. The lowest BCUT2D eigenvalue weighted by Gasteiger charge is -2.35. The summed E-state index contributed by atoms with van der Waals surface area (Å²) in [5, 5.41) is 0. The van der Waals surface area contributed by atoms with Gasteiger partial charge in [0.05, 0.1) is 5.92 Å². The second kappa shape index (κ2) is 5.99. The van der Waals surface area contributed by atoms with Gasteiger partial charge >= 0.3 is 0 Å². The van der Waals surface area contributed by atoms with Crippen molar-refractivity contribution in [2.75, 3.05) is 19.6 Å². The lowest BCUT2D eigenvalue weighted by Crippen LogP contribution is -2.48. The molecule has 2 amide bonds. The zero-order valence-electron chi connectivity index (χ0n) is 13.2. The maximum atomic E-state index is 12.6. The van der Waals surface area contributed by atoms with E-state index >= 15 is 0 Å². The van der Waals surface area contributed by atoms with E-state index in [1.54, 1.807) is 12.3 Å². The Morgan fingerprint density at radius 3 is 2.86 bits per heavy atom. The number of H-pyrrole nitrogens is 1. The van der Waals surface area contributed by atoms with Crippen LogP contribution in [-0.4, -0.2) is 52.3 Å². The van der Waals surface area contributed by atoms with E-state index in [0.29, 0.717) is 25.3 Å². The van der Waals surface area contributed by atoms with E-state index in [4.69, 9.17) is 0 Å². The van der Waals surface area contributed by atoms with Crippen LogP contribution in [0.3, 0.4) is 0 Å². The van der Waals surface area contributed by atoms with E-state index in [0.717, 1.165) is 12.8 Å². The van der Waals surface area contributed by atoms with E-state index in [1.807, 2.05) is 29.7 Å². The number of fused-ring (bicyclic) bond motifs is 4. The summed E-state index contributed by atoms with van der Waals surface area (Å²) in [6.07, 6.45) is 5.73. The average Bonchev–Trinajstić information content (AvgIpc) is 2.88. The van der Waals surface area contributed by atoms with E-state index < -0.39 is 0 Å². The fraction of sp³-hybridized carbons (Fsp3) is 0.529. The van der Waals surface area contributed by atoms with Gasteiger partial charge in [0, 0.05) is 31.9 Å². The van der Waals surface area contributed by atoms with E-state index in [-0.39, 0.29) is 23.8 Å². The number of hydrogen-bond donors (Lipinski definition) is 1. The third kappa shape index (κ3) is 2.80. The highest BCUT2D eigenvalue weighted by atomic mass is 16.2. The molecule has 0 aliphatic carbocycles. The minimum Gasteiger partial charge on any atom is -0.357 e. The molecule has 4 heterocycles. The van der Waals surface area contributed by atoms with Gasteiger partial charge in [-0.05, 0) is 38.8 Å². The van der Waals surface area contributed by atoms with Crippen LogP contribution in [0, 0.1) is 5.92 Å². The number of aromatic amines is 1. The number of nitrogens with zero attached hydrogens (tertiary/aromatic N) is 2. The fourth-order valence-electron chi connectivity index (χ4n) is 3.36. The molecule has 5 heteroatoms. The zero-order chi connectivity index (χ0) is 15.7. The van der Waals surface area contributed by atoms with Crippen molar-refractivity contribution < 1.29 is 9.59 Å². The van der Waals surface area contributed by atoms with Gasteiger partial charge in [-0.3, -0.25) is 9.59 Å². The molecule has 3 aliphatic rings. The number of aromatic nitrogens is 1. The molecule has 5 nitrogen and oxygen atoms in total. The van der Waals surface area contributed by atoms with Crippen LogP contribution in [0.1, 0.15) is 37.2 Å². The van der Waals surface area contributed by atoms with Gasteiger partial charge in [0.2, 0.25) is 5.91 Å². The molecule has 2 atom stereocenters. The minimum atomic E-state index is -0.0526. The van der Waals surface area contributed by atoms with E-state index in [2.05, 4.69) is 11.1 Å². The molecule has 0 unspecified atom stereocenters. The summed E-state index contributed by atoms with van der Waals surface area (Å²) in [4.78, 5) is 32.0. The van der Waals surface area contributed by atoms with Crippen molar-refractivity contribution in [2.24, 2.45) is 5.92 Å². The van der Waals surface area contributed by atoms with Crippen LogP contribution in [0.15, 0.2) is 30.0 Å². The molecule has 2 bridgehead atoms. The Morgan fingerprint density at radius 1 is 1.36 bits per heavy atom. The van der Waals surface area contributed by atoms with Crippen LogP contribution in [-0.2, 0) is 4.79 Å². The number of allylic oxidation sites excluding steroid dienone is 1. The van der Waals surface area contributed by atoms with Crippen LogP contribution in [0.4, 0.5) is 0 Å². The highest BCUT2D eigenvalue weighted by molar-refractivity contribution is 5.93. The van der Waals surface area contributed by atoms with Gasteiger partial charge in [0.25, 0.3) is 5.91 Å². The summed E-state index contributed by atoms with van der Waals surface area (Å²) >= 11 is 0. The van der Waals surface area contributed by atoms with Crippen LogP contribution in [0.2, 0.25) is 0 Å². The molecule has 1 aromatic heterocycles. The van der Waals surface area contributed by atoms with E-state index in [1.165, 1.54) is 5.57 Å². The van der Waals surface area contributed by atoms with Crippen molar-refractivity contribution in [1.82, 2.24) is 14.8 Å². The van der Waals surface area contributed by atoms with Gasteiger partial charge in [-0.25, -0.2) is 0 Å². The standard InChI is InChI=1S/C17H23N3O2/c1-12(2)7-9-20-14-6-5-13(16(20)21)10-19(11-14)17(22)15-4-3-8-18-15/h3-4,7-8,13-14,18H,5-6,9-11H2,1-2H3/t13-,14+/m0/s1. The Morgan fingerprint density at radius 2 is 2.18 bits per heavy atom. The van der Waals surface area contributed by atoms with Gasteiger partial charge in [0.15, 0.2) is 0 Å². The minimum absolute atomic E-state index is 0.00114. The number of piperidine rings is 1. The Bertz CT molecular complexity index is 587. The Kier molecular flexibility index (Phi) is 4.05. The molecule has 0 spiro atoms. The largest absolute Gasteiger partial charge is 0.357 e. The molecular weight excluding hydrogens is 278 g/mol. The van der Waals surface area contributed by atoms with Crippen molar-refractivity contribution in [1.29, 1.82) is 0 Å². The quantitative estimate of drug-likeness (QED) is 0.869. The fourth-order valence-corrected chi connectivity index (χ4v) is 3.36. The van der Waals surface area contributed by atoms with Gasteiger partial charge in [0.1, 0.15) is 5.69 Å². The predicted molar refractivity (Wildman–Crippen MR) is 84.4 cm³/mol. The number of rotatable bonds is 3. The maximum Gasteiger partial charge on any atom is 0.270 e. The van der Waals surface area contributed by atoms with Crippen molar-refractivity contribution in [3.8, 4) is 0 Å². The first-order valence-electron chi connectivity index (χ1n) is 7.92. The number of carbonyl (C=O) groups is 2. The van der Waals surface area contributed by atoms with Crippen molar-refractivity contribution >= 4 is 11.8 Å². The highest BCUT2D eigenvalue weighted by Gasteiger charge is 2.41. The molecule has 3 aliphatic heterocycles. The molecule has 1 aromatic rings. The van der Waals surface area contributed by atoms with Crippen molar-refractivity contribution in [3.05, 3.63) is 35.7 Å². The summed E-state index contributed by atoms with van der Waals surface area (Å²) in [5.74, 6) is 0.150. The molecule has 1 N–H and O–H groups in total. The van der Waals surface area contributed by atoms with Gasteiger partial charge in [-0.2, -0.15) is 0 Å². The SMILES string of the molecule is CC(C)=CCN1C(=O)[C@H]2CC[C@@H]1CN(C(=O)c1ccc[nH]1)C2. The average molecular weight is 301 g/mol. The third-order valence-electron chi connectivity index (χ3n) is 4.61. The maximum absolute atomic E-state index is 12.6. The smallest absolute Gasteiger partial charge is 0.270 e. The Labute approximate surface area is 131 Å². The predicted octanol–water partition coefficient (Wildman–Crippen LogP) is 2.04. The summed E-state index contributed by atoms with van der Waals surface area (Å²) in [6, 6.07) is 3.75. The Hall–Kier alpha value is -2.04. The molecule has 4 rings (SSSR count). The van der Waals surface area contributed by atoms with Crippen LogP contribution in [0.25, 0.3) is 0 Å². The molecule has 0 saturated carbocycles. The molecular formula is C17H23N3O2. The lowest BCUT2D eigenvalue weighted by molar-refractivity contribution is -0.139. The Balaban J connectivity index is 1.79. The number of carbonyl (C=O) groups excluding carboxylic acids is 2. The van der Waals surface area contributed by atoms with Crippen LogP contribution >= 0.6 is 0 Å². The summed E-state index contributed by atoms with van der Waals surface area (Å²) < 4.78 is 0. The monoisotopic (exact) mass is 301 g/mol. The molecule has 118 valence electrons. The topological polar surface area (TPSA) is 56.4 Å². The molecule has 3 saturated heterocycles.